The number of nitrogens with zero attached hydrogens (tertiary/aromatic N) is 3. The van der Waals surface area contributed by atoms with Crippen molar-refractivity contribution >= 4 is 40.8 Å². The van der Waals surface area contributed by atoms with Gasteiger partial charge < -0.3 is 4.57 Å². The number of aromatic nitrogens is 1. The van der Waals surface area contributed by atoms with E-state index in [9.17, 15) is 14.4 Å². The van der Waals surface area contributed by atoms with E-state index in [1.54, 1.807) is 11.8 Å². The highest BCUT2D eigenvalue weighted by atomic mass is 32.2. The monoisotopic (exact) mass is 457 g/mol. The highest BCUT2D eigenvalue weighted by Gasteiger charge is 2.51. The van der Waals surface area contributed by atoms with Gasteiger partial charge in [-0.05, 0) is 36.8 Å². The predicted molar refractivity (Wildman–Crippen MR) is 123 cm³/mol. The van der Waals surface area contributed by atoms with Crippen LogP contribution in [0.2, 0.25) is 0 Å². The minimum atomic E-state index is -0.815. The van der Waals surface area contributed by atoms with Crippen LogP contribution in [0.5, 0.6) is 0 Å². The molecule has 1 aliphatic carbocycles. The summed E-state index contributed by atoms with van der Waals surface area (Å²) in [5.41, 5.74) is 1.11. The summed E-state index contributed by atoms with van der Waals surface area (Å²) in [5, 5.41) is 1.90. The lowest BCUT2D eigenvalue weighted by molar-refractivity contribution is -0.147. The number of amides is 3. The highest BCUT2D eigenvalue weighted by Crippen LogP contribution is 2.39. The third-order valence-corrected chi connectivity index (χ3v) is 7.57. The Morgan fingerprint density at radius 3 is 2.48 bits per heavy atom. The van der Waals surface area contributed by atoms with Crippen LogP contribution >= 0.6 is 23.1 Å². The molecule has 3 amide bonds. The molecule has 0 bridgehead atoms. The Morgan fingerprint density at radius 2 is 1.84 bits per heavy atom. The van der Waals surface area contributed by atoms with E-state index in [0.29, 0.717) is 23.5 Å². The lowest BCUT2D eigenvalue weighted by atomic mass is 9.81. The Kier molecular flexibility index (Phi) is 7.07. The molecule has 2 heterocycles. The summed E-state index contributed by atoms with van der Waals surface area (Å²) in [5.74, 6) is -0.572. The van der Waals surface area contributed by atoms with Crippen LogP contribution in [0.4, 0.5) is 0 Å². The van der Waals surface area contributed by atoms with Crippen LogP contribution in [0.1, 0.15) is 37.7 Å². The summed E-state index contributed by atoms with van der Waals surface area (Å²) >= 11 is 2.99. The van der Waals surface area contributed by atoms with Crippen LogP contribution in [0.25, 0.3) is 0 Å². The van der Waals surface area contributed by atoms with Gasteiger partial charge in [0, 0.05) is 18.1 Å². The molecule has 0 N–H and O–H groups in total. The van der Waals surface area contributed by atoms with E-state index in [2.05, 4.69) is 4.99 Å². The number of hydrogen-bond donors (Lipinski definition) is 0. The molecular formula is C23H27N3O3S2. The molecule has 31 heavy (non-hydrogen) atoms. The van der Waals surface area contributed by atoms with Crippen molar-refractivity contribution in [2.45, 2.75) is 44.7 Å². The van der Waals surface area contributed by atoms with Gasteiger partial charge in [-0.3, -0.25) is 19.3 Å². The number of likely N-dealkylation sites (tertiary alicyclic amines) is 1. The maximum Gasteiger partial charge on any atom is 0.271 e. The molecular weight excluding hydrogens is 430 g/mol. The number of benzene rings is 1. The zero-order valence-corrected chi connectivity index (χ0v) is 19.2. The molecule has 8 heteroatoms. The fourth-order valence-electron chi connectivity index (χ4n) is 4.54. The Balaban J connectivity index is 1.61. The van der Waals surface area contributed by atoms with Crippen molar-refractivity contribution in [2.24, 2.45) is 16.8 Å². The number of carbonyl (C=O) groups excluding carboxylic acids is 3. The topological polar surface area (TPSA) is 71.7 Å². The Hall–Kier alpha value is -2.19. The minimum Gasteiger partial charge on any atom is -0.319 e. The zero-order chi connectivity index (χ0) is 21.8. The number of imide groups is 1. The normalized spacial score (nSPS) is 22.6. The van der Waals surface area contributed by atoms with E-state index in [-0.39, 0.29) is 23.7 Å². The first kappa shape index (κ1) is 22.0. The van der Waals surface area contributed by atoms with E-state index >= 15 is 0 Å². The Bertz CT molecular complexity index is 990. The largest absolute Gasteiger partial charge is 0.319 e. The molecule has 6 nitrogen and oxygen atoms in total. The number of thioether (sulfide) groups is 1. The molecule has 3 atom stereocenters. The second-order valence-electron chi connectivity index (χ2n) is 8.09. The van der Waals surface area contributed by atoms with Gasteiger partial charge in [0.05, 0.1) is 11.8 Å². The van der Waals surface area contributed by atoms with Crippen molar-refractivity contribution in [2.75, 3.05) is 12.0 Å². The summed E-state index contributed by atoms with van der Waals surface area (Å²) in [4.78, 5) is 45.7. The van der Waals surface area contributed by atoms with Crippen LogP contribution in [0, 0.1) is 11.8 Å². The lowest BCUT2D eigenvalue weighted by Gasteiger charge is -2.23. The summed E-state index contributed by atoms with van der Waals surface area (Å²) in [6.07, 6.45) is 7.72. The molecule has 4 rings (SSSR count). The molecule has 164 valence electrons. The van der Waals surface area contributed by atoms with Crippen molar-refractivity contribution in [3.05, 3.63) is 52.3 Å². The quantitative estimate of drug-likeness (QED) is 0.598. The molecule has 2 aliphatic rings. The first-order valence-corrected chi connectivity index (χ1v) is 13.0. The van der Waals surface area contributed by atoms with Crippen LogP contribution in [-0.2, 0) is 20.9 Å². The molecule has 1 aliphatic heterocycles. The predicted octanol–water partition coefficient (Wildman–Crippen LogP) is 3.32. The molecule has 1 saturated heterocycles. The summed E-state index contributed by atoms with van der Waals surface area (Å²) in [6.45, 7) is 0.609. The SMILES string of the molecule is CSCCC(C(=O)N=c1sccn1Cc1ccccc1)N1C(=O)C2CCCCC2C1=O. The number of carbonyl (C=O) groups is 3. The smallest absolute Gasteiger partial charge is 0.271 e. The van der Waals surface area contributed by atoms with E-state index in [0.717, 1.165) is 31.2 Å². The number of hydrogen-bond acceptors (Lipinski definition) is 5. The van der Waals surface area contributed by atoms with Gasteiger partial charge in [0.15, 0.2) is 4.80 Å². The number of rotatable bonds is 7. The Morgan fingerprint density at radius 1 is 1.16 bits per heavy atom. The fraction of sp³-hybridized carbons (Fsp3) is 0.478. The second kappa shape index (κ2) is 9.96. The standard InChI is InChI=1S/C23H27N3O3S2/c1-30-13-11-19(26-21(28)17-9-5-6-10-18(17)22(26)29)20(27)24-23-25(12-14-31-23)15-16-7-3-2-4-8-16/h2-4,7-8,12,14,17-19H,5-6,9-11,13,15H2,1H3. The van der Waals surface area contributed by atoms with Crippen molar-refractivity contribution in [1.29, 1.82) is 0 Å². The molecule has 1 aromatic carbocycles. The van der Waals surface area contributed by atoms with E-state index < -0.39 is 11.9 Å². The van der Waals surface area contributed by atoms with Crippen LogP contribution in [0.3, 0.4) is 0 Å². The third-order valence-electron chi connectivity index (χ3n) is 6.13. The molecule has 0 spiro atoms. The first-order valence-electron chi connectivity index (χ1n) is 10.7. The van der Waals surface area contributed by atoms with E-state index in [1.807, 2.05) is 52.7 Å². The first-order chi connectivity index (χ1) is 15.1. The fourth-order valence-corrected chi connectivity index (χ4v) is 5.74. The van der Waals surface area contributed by atoms with Gasteiger partial charge in [0.1, 0.15) is 6.04 Å². The molecule has 1 saturated carbocycles. The van der Waals surface area contributed by atoms with Crippen molar-refractivity contribution in [3.8, 4) is 0 Å². The summed E-state index contributed by atoms with van der Waals surface area (Å²) in [7, 11) is 0. The molecule has 2 aromatic rings. The van der Waals surface area contributed by atoms with Crippen molar-refractivity contribution in [3.63, 3.8) is 0 Å². The average molecular weight is 458 g/mol. The van der Waals surface area contributed by atoms with Gasteiger partial charge in [-0.25, -0.2) is 0 Å². The Labute approximate surface area is 190 Å². The van der Waals surface area contributed by atoms with Crippen LogP contribution in [0.15, 0.2) is 46.9 Å². The van der Waals surface area contributed by atoms with E-state index in [1.165, 1.54) is 16.2 Å². The van der Waals surface area contributed by atoms with Gasteiger partial charge in [0.2, 0.25) is 11.8 Å². The average Bonchev–Trinajstić information content (AvgIpc) is 3.32. The second-order valence-corrected chi connectivity index (χ2v) is 9.95. The third kappa shape index (κ3) is 4.70. The van der Waals surface area contributed by atoms with Crippen molar-refractivity contribution < 1.29 is 14.4 Å². The van der Waals surface area contributed by atoms with Crippen LogP contribution in [-0.4, -0.2) is 45.2 Å². The molecule has 1 aromatic heterocycles. The zero-order valence-electron chi connectivity index (χ0n) is 17.6. The van der Waals surface area contributed by atoms with E-state index in [4.69, 9.17) is 0 Å². The molecule has 0 radical (unpaired) electrons. The van der Waals surface area contributed by atoms with Gasteiger partial charge in [0.25, 0.3) is 5.91 Å². The number of fused-ring (bicyclic) bond motifs is 1. The summed E-state index contributed by atoms with van der Waals surface area (Å²) in [6, 6.07) is 9.17. The maximum absolute atomic E-state index is 13.3. The van der Waals surface area contributed by atoms with Crippen molar-refractivity contribution in [1.82, 2.24) is 9.47 Å². The van der Waals surface area contributed by atoms with Gasteiger partial charge >= 0.3 is 0 Å². The summed E-state index contributed by atoms with van der Waals surface area (Å²) < 4.78 is 1.93. The van der Waals surface area contributed by atoms with Gasteiger partial charge in [-0.15, -0.1) is 11.3 Å². The maximum atomic E-state index is 13.3. The molecule has 3 unspecified atom stereocenters. The highest BCUT2D eigenvalue weighted by molar-refractivity contribution is 7.98. The molecule has 2 fully saturated rings. The lowest BCUT2D eigenvalue weighted by Crippen LogP contribution is -2.46. The van der Waals surface area contributed by atoms with Gasteiger partial charge in [-0.1, -0.05) is 43.2 Å². The number of thiazole rings is 1. The van der Waals surface area contributed by atoms with Gasteiger partial charge in [-0.2, -0.15) is 16.8 Å². The minimum absolute atomic E-state index is 0.173. The van der Waals surface area contributed by atoms with Crippen LogP contribution < -0.4 is 4.80 Å².